The van der Waals surface area contributed by atoms with E-state index in [9.17, 15) is 14.7 Å². The molecule has 1 N–H and O–H groups in total. The summed E-state index contributed by atoms with van der Waals surface area (Å²) < 4.78 is 0. The normalized spacial score (nSPS) is 25.2. The Hall–Kier alpha value is -1.84. The van der Waals surface area contributed by atoms with E-state index in [1.807, 2.05) is 44.2 Å². The maximum atomic E-state index is 12.0. The Labute approximate surface area is 119 Å². The number of carboxylic acids is 1. The van der Waals surface area contributed by atoms with Crippen LogP contribution in [0.4, 0.5) is 0 Å². The fourth-order valence-corrected chi connectivity index (χ4v) is 3.20. The zero-order chi connectivity index (χ0) is 14.9. The second kappa shape index (κ2) is 5.27. The summed E-state index contributed by atoms with van der Waals surface area (Å²) in [6.07, 6.45) is 1.58. The minimum Gasteiger partial charge on any atom is -0.480 e. The summed E-state index contributed by atoms with van der Waals surface area (Å²) in [5, 5.41) is 9.56. The number of rotatable bonds is 2. The van der Waals surface area contributed by atoms with Crippen LogP contribution in [0.5, 0.6) is 0 Å². The lowest BCUT2D eigenvalue weighted by Crippen LogP contribution is -2.56. The van der Waals surface area contributed by atoms with E-state index < -0.39 is 17.4 Å². The number of benzene rings is 1. The molecule has 1 heterocycles. The highest BCUT2D eigenvalue weighted by Crippen LogP contribution is 2.44. The van der Waals surface area contributed by atoms with Gasteiger partial charge in [0, 0.05) is 6.92 Å². The lowest BCUT2D eigenvalue weighted by Gasteiger charge is -2.48. The topological polar surface area (TPSA) is 57.6 Å². The van der Waals surface area contributed by atoms with Crippen LogP contribution < -0.4 is 0 Å². The molecule has 1 aromatic rings. The zero-order valence-electron chi connectivity index (χ0n) is 12.2. The molecule has 1 saturated heterocycles. The van der Waals surface area contributed by atoms with Crippen molar-refractivity contribution in [2.45, 2.75) is 45.7 Å². The highest BCUT2D eigenvalue weighted by atomic mass is 16.4. The van der Waals surface area contributed by atoms with Gasteiger partial charge in [-0.05, 0) is 23.8 Å². The Morgan fingerprint density at radius 1 is 1.25 bits per heavy atom. The monoisotopic (exact) mass is 275 g/mol. The molecule has 1 aliphatic heterocycles. The van der Waals surface area contributed by atoms with Crippen molar-refractivity contribution in [1.82, 2.24) is 4.90 Å². The summed E-state index contributed by atoms with van der Waals surface area (Å²) in [6, 6.07) is 8.74. The van der Waals surface area contributed by atoms with Crippen molar-refractivity contribution in [3.05, 3.63) is 35.9 Å². The molecule has 108 valence electrons. The molecular formula is C16H21NO3. The van der Waals surface area contributed by atoms with E-state index in [0.717, 1.165) is 18.4 Å². The van der Waals surface area contributed by atoms with Crippen LogP contribution in [0.2, 0.25) is 0 Å². The van der Waals surface area contributed by atoms with Gasteiger partial charge in [-0.1, -0.05) is 44.2 Å². The van der Waals surface area contributed by atoms with Crippen molar-refractivity contribution in [3.63, 3.8) is 0 Å². The third-order valence-corrected chi connectivity index (χ3v) is 4.20. The molecule has 2 atom stereocenters. The van der Waals surface area contributed by atoms with Crippen molar-refractivity contribution < 1.29 is 14.7 Å². The molecule has 0 radical (unpaired) electrons. The number of aliphatic carboxylic acids is 1. The first-order chi connectivity index (χ1) is 9.34. The van der Waals surface area contributed by atoms with Crippen LogP contribution in [0.15, 0.2) is 30.3 Å². The predicted molar refractivity (Wildman–Crippen MR) is 76.1 cm³/mol. The molecule has 0 unspecified atom stereocenters. The van der Waals surface area contributed by atoms with Gasteiger partial charge < -0.3 is 10.0 Å². The van der Waals surface area contributed by atoms with Crippen LogP contribution in [0, 0.1) is 5.41 Å². The minimum atomic E-state index is -0.925. The molecule has 1 aliphatic rings. The molecule has 0 spiro atoms. The van der Waals surface area contributed by atoms with Gasteiger partial charge in [-0.25, -0.2) is 4.79 Å². The third kappa shape index (κ3) is 2.55. The smallest absolute Gasteiger partial charge is 0.326 e. The van der Waals surface area contributed by atoms with Gasteiger partial charge in [0.2, 0.25) is 5.91 Å². The molecule has 1 aromatic carbocycles. The Kier molecular flexibility index (Phi) is 3.84. The molecule has 4 nitrogen and oxygen atoms in total. The largest absolute Gasteiger partial charge is 0.480 e. The van der Waals surface area contributed by atoms with E-state index >= 15 is 0 Å². The molecule has 2 rings (SSSR count). The number of likely N-dealkylation sites (tertiary alicyclic amines) is 1. The van der Waals surface area contributed by atoms with E-state index in [-0.39, 0.29) is 11.9 Å². The van der Waals surface area contributed by atoms with Crippen LogP contribution in [-0.2, 0) is 9.59 Å². The van der Waals surface area contributed by atoms with Gasteiger partial charge in [0.1, 0.15) is 6.04 Å². The highest BCUT2D eigenvalue weighted by molar-refractivity contribution is 5.83. The SMILES string of the molecule is CC(=O)N1[C@H](c2ccccc2)CCC(C)(C)[C@H]1C(=O)O. The summed E-state index contributed by atoms with van der Waals surface area (Å²) in [5.74, 6) is -1.11. The molecule has 0 aliphatic carbocycles. The Morgan fingerprint density at radius 2 is 1.85 bits per heavy atom. The van der Waals surface area contributed by atoms with Crippen LogP contribution in [0.1, 0.15) is 45.2 Å². The number of amides is 1. The molecule has 0 aromatic heterocycles. The minimum absolute atomic E-state index is 0.150. The quantitative estimate of drug-likeness (QED) is 0.903. The van der Waals surface area contributed by atoms with Gasteiger partial charge >= 0.3 is 5.97 Å². The maximum Gasteiger partial charge on any atom is 0.326 e. The van der Waals surface area contributed by atoms with Crippen LogP contribution in [0.25, 0.3) is 0 Å². The van der Waals surface area contributed by atoms with Crippen molar-refractivity contribution in [2.24, 2.45) is 5.41 Å². The van der Waals surface area contributed by atoms with Crippen LogP contribution in [-0.4, -0.2) is 27.9 Å². The number of carbonyl (C=O) groups is 2. The summed E-state index contributed by atoms with van der Waals surface area (Å²) in [7, 11) is 0. The average molecular weight is 275 g/mol. The lowest BCUT2D eigenvalue weighted by atomic mass is 9.73. The first-order valence-corrected chi connectivity index (χ1v) is 6.91. The van der Waals surface area contributed by atoms with Crippen LogP contribution in [0.3, 0.4) is 0 Å². The summed E-state index contributed by atoms with van der Waals surface area (Å²) in [4.78, 5) is 25.3. The van der Waals surface area contributed by atoms with Crippen LogP contribution >= 0.6 is 0 Å². The van der Waals surface area contributed by atoms with E-state index in [4.69, 9.17) is 0 Å². The molecular weight excluding hydrogens is 254 g/mol. The van der Waals surface area contributed by atoms with Gasteiger partial charge in [0.05, 0.1) is 6.04 Å². The standard InChI is InChI=1S/C16H21NO3/c1-11(18)17-13(12-7-5-4-6-8-12)9-10-16(2,3)14(17)15(19)20/h4-8,13-14H,9-10H2,1-3H3,(H,19,20)/t13-,14+/m0/s1. The van der Waals surface area contributed by atoms with E-state index in [0.29, 0.717) is 0 Å². The number of carboxylic acid groups (broad SMARTS) is 1. The van der Waals surface area contributed by atoms with Crippen molar-refractivity contribution in [3.8, 4) is 0 Å². The molecule has 4 heteroatoms. The fraction of sp³-hybridized carbons (Fsp3) is 0.500. The highest BCUT2D eigenvalue weighted by Gasteiger charge is 2.47. The van der Waals surface area contributed by atoms with Crippen molar-refractivity contribution in [2.75, 3.05) is 0 Å². The Balaban J connectivity index is 2.44. The molecule has 1 amide bonds. The second-order valence-corrected chi connectivity index (χ2v) is 6.12. The molecule has 0 bridgehead atoms. The van der Waals surface area contributed by atoms with E-state index in [1.165, 1.54) is 6.92 Å². The first-order valence-electron chi connectivity index (χ1n) is 6.91. The van der Waals surface area contributed by atoms with Gasteiger partial charge in [-0.15, -0.1) is 0 Å². The van der Waals surface area contributed by atoms with E-state index in [1.54, 1.807) is 4.90 Å². The summed E-state index contributed by atoms with van der Waals surface area (Å²) in [6.45, 7) is 5.29. The maximum absolute atomic E-state index is 12.0. The zero-order valence-corrected chi connectivity index (χ0v) is 12.2. The lowest BCUT2D eigenvalue weighted by molar-refractivity contribution is -0.162. The van der Waals surface area contributed by atoms with Gasteiger partial charge in [-0.3, -0.25) is 4.79 Å². The Morgan fingerprint density at radius 3 is 2.35 bits per heavy atom. The molecule has 0 saturated carbocycles. The first kappa shape index (κ1) is 14.6. The second-order valence-electron chi connectivity index (χ2n) is 6.12. The van der Waals surface area contributed by atoms with E-state index in [2.05, 4.69) is 0 Å². The van der Waals surface area contributed by atoms with Gasteiger partial charge in [0.15, 0.2) is 0 Å². The van der Waals surface area contributed by atoms with Crippen molar-refractivity contribution >= 4 is 11.9 Å². The fourth-order valence-electron chi connectivity index (χ4n) is 3.20. The number of hydrogen-bond acceptors (Lipinski definition) is 2. The average Bonchev–Trinajstić information content (AvgIpc) is 2.37. The number of piperidine rings is 1. The Bertz CT molecular complexity index is 510. The summed E-state index contributed by atoms with van der Waals surface area (Å²) in [5.41, 5.74) is 0.590. The summed E-state index contributed by atoms with van der Waals surface area (Å²) >= 11 is 0. The van der Waals surface area contributed by atoms with Gasteiger partial charge in [-0.2, -0.15) is 0 Å². The number of hydrogen-bond donors (Lipinski definition) is 1. The number of carbonyl (C=O) groups excluding carboxylic acids is 1. The molecule has 1 fully saturated rings. The van der Waals surface area contributed by atoms with Gasteiger partial charge in [0.25, 0.3) is 0 Å². The third-order valence-electron chi connectivity index (χ3n) is 4.20. The predicted octanol–water partition coefficient (Wildman–Crippen LogP) is 2.85. The number of nitrogens with zero attached hydrogens (tertiary/aromatic N) is 1. The van der Waals surface area contributed by atoms with Crippen molar-refractivity contribution in [1.29, 1.82) is 0 Å². The molecule has 20 heavy (non-hydrogen) atoms.